The van der Waals surface area contributed by atoms with E-state index >= 15 is 0 Å². The van der Waals surface area contributed by atoms with Crippen molar-refractivity contribution in [2.24, 2.45) is 7.05 Å². The van der Waals surface area contributed by atoms with Crippen LogP contribution in [0.2, 0.25) is 0 Å². The van der Waals surface area contributed by atoms with Crippen molar-refractivity contribution in [2.45, 2.75) is 13.0 Å². The number of carbonyl (C=O) groups excluding carboxylic acids is 1. The molecule has 0 radical (unpaired) electrons. The third kappa shape index (κ3) is 2.73. The Kier molecular flexibility index (Phi) is 4.07. The van der Waals surface area contributed by atoms with Crippen molar-refractivity contribution in [3.8, 4) is 0 Å². The Labute approximate surface area is 128 Å². The first kappa shape index (κ1) is 14.3. The van der Waals surface area contributed by atoms with Crippen LogP contribution in [0.4, 0.5) is 0 Å². The van der Waals surface area contributed by atoms with Crippen molar-refractivity contribution in [3.63, 3.8) is 0 Å². The lowest BCUT2D eigenvalue weighted by molar-refractivity contribution is 0.0473. The molecule has 112 valence electrons. The molecule has 5 nitrogen and oxygen atoms in total. The van der Waals surface area contributed by atoms with Crippen molar-refractivity contribution in [2.75, 3.05) is 26.2 Å². The quantitative estimate of drug-likeness (QED) is 0.871. The Bertz CT molecular complexity index is 607. The third-order valence-corrected chi connectivity index (χ3v) is 4.79. The lowest BCUT2D eigenvalue weighted by Gasteiger charge is -2.40. The van der Waals surface area contributed by atoms with Gasteiger partial charge in [-0.15, -0.1) is 0 Å². The molecule has 1 amide bonds. The van der Waals surface area contributed by atoms with Crippen LogP contribution in [0.5, 0.6) is 0 Å². The molecule has 6 heteroatoms. The summed E-state index contributed by atoms with van der Waals surface area (Å²) in [6, 6.07) is 2.07. The lowest BCUT2D eigenvalue weighted by atomic mass is 10.1. The Hall–Kier alpha value is -1.66. The molecule has 3 rings (SSSR count). The maximum atomic E-state index is 12.5. The number of hydrogen-bond donors (Lipinski definition) is 0. The van der Waals surface area contributed by atoms with Crippen molar-refractivity contribution >= 4 is 17.2 Å². The maximum absolute atomic E-state index is 12.5. The summed E-state index contributed by atoms with van der Waals surface area (Å²) in [5.74, 6) is 1.16. The van der Waals surface area contributed by atoms with Gasteiger partial charge in [0.15, 0.2) is 0 Å². The van der Waals surface area contributed by atoms with Crippen LogP contribution >= 0.6 is 11.3 Å². The molecule has 2 aromatic heterocycles. The summed E-state index contributed by atoms with van der Waals surface area (Å²) in [7, 11) is 2.01. The number of amides is 1. The van der Waals surface area contributed by atoms with Gasteiger partial charge < -0.3 is 9.47 Å². The highest BCUT2D eigenvalue weighted by Crippen LogP contribution is 2.25. The molecule has 0 unspecified atom stereocenters. The van der Waals surface area contributed by atoms with Gasteiger partial charge in [0.25, 0.3) is 5.91 Å². The van der Waals surface area contributed by atoms with E-state index in [0.717, 1.165) is 31.0 Å². The molecule has 1 aliphatic heterocycles. The number of likely N-dealkylation sites (N-methyl/N-ethyl adjacent to an activating group) is 1. The highest BCUT2D eigenvalue weighted by molar-refractivity contribution is 7.08. The summed E-state index contributed by atoms with van der Waals surface area (Å²) >= 11 is 1.56. The van der Waals surface area contributed by atoms with Crippen LogP contribution in [0.15, 0.2) is 29.2 Å². The summed E-state index contributed by atoms with van der Waals surface area (Å²) in [6.45, 7) is 5.50. The minimum atomic E-state index is 0.131. The van der Waals surface area contributed by atoms with Crippen LogP contribution in [0.25, 0.3) is 0 Å². The van der Waals surface area contributed by atoms with Crippen LogP contribution in [0, 0.1) is 0 Å². The van der Waals surface area contributed by atoms with E-state index in [2.05, 4.69) is 16.8 Å². The molecule has 0 bridgehead atoms. The lowest BCUT2D eigenvalue weighted by Crippen LogP contribution is -2.50. The second-order valence-corrected chi connectivity index (χ2v) is 6.08. The van der Waals surface area contributed by atoms with Gasteiger partial charge >= 0.3 is 0 Å². The second kappa shape index (κ2) is 5.99. The van der Waals surface area contributed by atoms with Gasteiger partial charge in [0.05, 0.1) is 11.6 Å². The Morgan fingerprint density at radius 2 is 2.33 bits per heavy atom. The topological polar surface area (TPSA) is 41.4 Å². The third-order valence-electron chi connectivity index (χ3n) is 4.11. The van der Waals surface area contributed by atoms with Gasteiger partial charge in [0.2, 0.25) is 0 Å². The molecule has 0 N–H and O–H groups in total. The molecule has 0 spiro atoms. The number of thiophene rings is 1. The largest absolute Gasteiger partial charge is 0.337 e. The molecular formula is C15H20N4OS. The number of aromatic nitrogens is 2. The first-order chi connectivity index (χ1) is 10.2. The Morgan fingerprint density at radius 1 is 1.48 bits per heavy atom. The molecule has 1 aliphatic rings. The molecule has 0 saturated carbocycles. The van der Waals surface area contributed by atoms with E-state index < -0.39 is 0 Å². The number of carbonyl (C=O) groups is 1. The summed E-state index contributed by atoms with van der Waals surface area (Å²) in [5, 5.41) is 3.87. The van der Waals surface area contributed by atoms with E-state index in [1.165, 1.54) is 0 Å². The zero-order valence-electron chi connectivity index (χ0n) is 12.4. The number of hydrogen-bond acceptors (Lipinski definition) is 4. The normalized spacial score (nSPS) is 19.9. The predicted octanol–water partition coefficient (Wildman–Crippen LogP) is 2.00. The molecule has 0 aromatic carbocycles. The molecule has 1 atom stereocenters. The summed E-state index contributed by atoms with van der Waals surface area (Å²) in [5.41, 5.74) is 0.795. The molecule has 1 fully saturated rings. The van der Waals surface area contributed by atoms with Gasteiger partial charge in [-0.2, -0.15) is 11.3 Å². The first-order valence-electron chi connectivity index (χ1n) is 7.23. The highest BCUT2D eigenvalue weighted by atomic mass is 32.1. The minimum Gasteiger partial charge on any atom is -0.337 e. The molecule has 21 heavy (non-hydrogen) atoms. The second-order valence-electron chi connectivity index (χ2n) is 5.30. The zero-order chi connectivity index (χ0) is 14.8. The smallest absolute Gasteiger partial charge is 0.254 e. The fraction of sp³-hybridized carbons (Fsp3) is 0.467. The van der Waals surface area contributed by atoms with E-state index in [-0.39, 0.29) is 11.9 Å². The van der Waals surface area contributed by atoms with Gasteiger partial charge in [0, 0.05) is 44.5 Å². The van der Waals surface area contributed by atoms with Crippen LogP contribution < -0.4 is 0 Å². The van der Waals surface area contributed by atoms with Crippen molar-refractivity contribution in [1.29, 1.82) is 0 Å². The number of piperazine rings is 1. The van der Waals surface area contributed by atoms with Crippen molar-refractivity contribution in [1.82, 2.24) is 19.4 Å². The number of nitrogens with zero attached hydrogens (tertiary/aromatic N) is 4. The maximum Gasteiger partial charge on any atom is 0.254 e. The fourth-order valence-corrected chi connectivity index (χ4v) is 3.53. The van der Waals surface area contributed by atoms with Crippen molar-refractivity contribution < 1.29 is 4.79 Å². The highest BCUT2D eigenvalue weighted by Gasteiger charge is 2.32. The number of imidazole rings is 1. The molecule has 3 heterocycles. The summed E-state index contributed by atoms with van der Waals surface area (Å²) < 4.78 is 2.05. The van der Waals surface area contributed by atoms with E-state index in [1.807, 2.05) is 45.7 Å². The van der Waals surface area contributed by atoms with Gasteiger partial charge in [0.1, 0.15) is 5.82 Å². The van der Waals surface area contributed by atoms with Crippen LogP contribution in [0.3, 0.4) is 0 Å². The van der Waals surface area contributed by atoms with Gasteiger partial charge in [-0.25, -0.2) is 4.98 Å². The summed E-state index contributed by atoms with van der Waals surface area (Å²) in [6.07, 6.45) is 3.78. The van der Waals surface area contributed by atoms with Crippen LogP contribution in [0.1, 0.15) is 29.1 Å². The number of rotatable bonds is 3. The fourth-order valence-electron chi connectivity index (χ4n) is 2.90. The summed E-state index contributed by atoms with van der Waals surface area (Å²) in [4.78, 5) is 21.4. The van der Waals surface area contributed by atoms with E-state index in [0.29, 0.717) is 6.54 Å². The zero-order valence-corrected chi connectivity index (χ0v) is 13.2. The SMILES string of the molecule is CCN1CCN(C(=O)c2ccsc2)C[C@@H]1c1nccn1C. The monoisotopic (exact) mass is 304 g/mol. The molecule has 1 saturated heterocycles. The molecule has 0 aliphatic carbocycles. The van der Waals surface area contributed by atoms with E-state index in [4.69, 9.17) is 0 Å². The average Bonchev–Trinajstić information content (AvgIpc) is 3.17. The average molecular weight is 304 g/mol. The minimum absolute atomic E-state index is 0.131. The van der Waals surface area contributed by atoms with Gasteiger partial charge in [-0.05, 0) is 18.0 Å². The van der Waals surface area contributed by atoms with Gasteiger partial charge in [-0.1, -0.05) is 6.92 Å². The van der Waals surface area contributed by atoms with Crippen molar-refractivity contribution in [3.05, 3.63) is 40.6 Å². The van der Waals surface area contributed by atoms with Gasteiger partial charge in [-0.3, -0.25) is 9.69 Å². The van der Waals surface area contributed by atoms with E-state index in [1.54, 1.807) is 11.3 Å². The van der Waals surface area contributed by atoms with Crippen LogP contribution in [-0.4, -0.2) is 51.4 Å². The number of aryl methyl sites for hydroxylation is 1. The van der Waals surface area contributed by atoms with E-state index in [9.17, 15) is 4.79 Å². The Balaban J connectivity index is 1.81. The first-order valence-corrected chi connectivity index (χ1v) is 8.17. The molecular weight excluding hydrogens is 284 g/mol. The standard InChI is InChI=1S/C15H20N4OS/c1-3-18-7-8-19(15(20)12-4-9-21-11-12)10-13(18)14-16-5-6-17(14)2/h4-6,9,11,13H,3,7-8,10H2,1-2H3/t13-/m1/s1. The molecule has 2 aromatic rings. The predicted molar refractivity (Wildman–Crippen MR) is 83.4 cm³/mol. The van der Waals surface area contributed by atoms with Crippen LogP contribution in [-0.2, 0) is 7.05 Å². The Morgan fingerprint density at radius 3 is 2.95 bits per heavy atom.